The zero-order valence-electron chi connectivity index (χ0n) is 12.7. The maximum Gasteiger partial charge on any atom is 0.261 e. The number of hydrogen-bond acceptors (Lipinski definition) is 2. The SMILES string of the molecule is Cc1cccc(CNC(=O)[C@H](C)Oc2cccc(C)c2)c1. The van der Waals surface area contributed by atoms with E-state index in [4.69, 9.17) is 4.74 Å². The van der Waals surface area contributed by atoms with E-state index in [0.717, 1.165) is 11.1 Å². The number of amides is 1. The van der Waals surface area contributed by atoms with Crippen LogP contribution in [0, 0.1) is 13.8 Å². The molecule has 0 aliphatic heterocycles. The number of aryl methyl sites for hydroxylation is 2. The van der Waals surface area contributed by atoms with Gasteiger partial charge in [-0.1, -0.05) is 42.0 Å². The predicted octanol–water partition coefficient (Wildman–Crippen LogP) is 3.39. The molecule has 110 valence electrons. The Bertz CT molecular complexity index is 622. The summed E-state index contributed by atoms with van der Waals surface area (Å²) in [4.78, 5) is 12.1. The van der Waals surface area contributed by atoms with Crippen LogP contribution in [-0.2, 0) is 11.3 Å². The van der Waals surface area contributed by atoms with Gasteiger partial charge in [-0.15, -0.1) is 0 Å². The van der Waals surface area contributed by atoms with Crippen LogP contribution in [0.25, 0.3) is 0 Å². The van der Waals surface area contributed by atoms with Crippen molar-refractivity contribution in [2.45, 2.75) is 33.4 Å². The molecule has 0 radical (unpaired) electrons. The summed E-state index contributed by atoms with van der Waals surface area (Å²) in [7, 11) is 0. The van der Waals surface area contributed by atoms with Gasteiger partial charge in [0.05, 0.1) is 0 Å². The zero-order chi connectivity index (χ0) is 15.2. The molecule has 0 aliphatic carbocycles. The van der Waals surface area contributed by atoms with Crippen LogP contribution in [0.2, 0.25) is 0 Å². The molecule has 0 saturated heterocycles. The Balaban J connectivity index is 1.88. The van der Waals surface area contributed by atoms with Crippen molar-refractivity contribution in [3.05, 3.63) is 65.2 Å². The average Bonchev–Trinajstić information content (AvgIpc) is 2.45. The molecule has 0 aliphatic rings. The lowest BCUT2D eigenvalue weighted by molar-refractivity contribution is -0.127. The lowest BCUT2D eigenvalue weighted by Gasteiger charge is -2.15. The third-order valence-corrected chi connectivity index (χ3v) is 3.22. The number of hydrogen-bond donors (Lipinski definition) is 1. The van der Waals surface area contributed by atoms with Gasteiger partial charge in [0.25, 0.3) is 5.91 Å². The van der Waals surface area contributed by atoms with Gasteiger partial charge >= 0.3 is 0 Å². The molecule has 3 heteroatoms. The number of rotatable bonds is 5. The van der Waals surface area contributed by atoms with E-state index in [1.54, 1.807) is 6.92 Å². The first-order valence-electron chi connectivity index (χ1n) is 7.11. The first-order chi connectivity index (χ1) is 10.0. The summed E-state index contributed by atoms with van der Waals surface area (Å²) in [6.07, 6.45) is -0.517. The van der Waals surface area contributed by atoms with Crippen LogP contribution in [-0.4, -0.2) is 12.0 Å². The van der Waals surface area contributed by atoms with Gasteiger partial charge in [-0.3, -0.25) is 4.79 Å². The van der Waals surface area contributed by atoms with Crippen LogP contribution >= 0.6 is 0 Å². The lowest BCUT2D eigenvalue weighted by Crippen LogP contribution is -2.35. The normalized spacial score (nSPS) is 11.8. The Labute approximate surface area is 126 Å². The Morgan fingerprint density at radius 3 is 2.43 bits per heavy atom. The zero-order valence-corrected chi connectivity index (χ0v) is 12.7. The van der Waals surface area contributed by atoms with Crippen molar-refractivity contribution in [1.29, 1.82) is 0 Å². The predicted molar refractivity (Wildman–Crippen MR) is 84.3 cm³/mol. The first kappa shape index (κ1) is 15.1. The molecule has 0 unspecified atom stereocenters. The molecule has 0 aromatic heterocycles. The molecule has 0 saturated carbocycles. The van der Waals surface area contributed by atoms with Crippen molar-refractivity contribution in [2.75, 3.05) is 0 Å². The fourth-order valence-electron chi connectivity index (χ4n) is 2.10. The van der Waals surface area contributed by atoms with E-state index < -0.39 is 6.10 Å². The summed E-state index contributed by atoms with van der Waals surface area (Å²) in [5.41, 5.74) is 3.39. The Kier molecular flexibility index (Phi) is 4.99. The lowest BCUT2D eigenvalue weighted by atomic mass is 10.1. The number of carbonyl (C=O) groups is 1. The second-order valence-corrected chi connectivity index (χ2v) is 5.28. The van der Waals surface area contributed by atoms with E-state index in [9.17, 15) is 4.79 Å². The van der Waals surface area contributed by atoms with Crippen molar-refractivity contribution in [2.24, 2.45) is 0 Å². The molecule has 1 atom stereocenters. The molecule has 1 amide bonds. The quantitative estimate of drug-likeness (QED) is 0.913. The monoisotopic (exact) mass is 283 g/mol. The van der Waals surface area contributed by atoms with Gasteiger partial charge in [-0.25, -0.2) is 0 Å². The number of ether oxygens (including phenoxy) is 1. The standard InChI is InChI=1S/C18H21NO2/c1-13-6-4-8-16(10-13)12-19-18(20)15(3)21-17-9-5-7-14(2)11-17/h4-11,15H,12H2,1-3H3,(H,19,20)/t15-/m0/s1. The molecule has 2 aromatic rings. The summed E-state index contributed by atoms with van der Waals surface area (Å²) < 4.78 is 5.66. The summed E-state index contributed by atoms with van der Waals surface area (Å²) in [6.45, 7) is 6.31. The molecule has 0 fully saturated rings. The molecular formula is C18H21NO2. The minimum absolute atomic E-state index is 0.113. The maximum atomic E-state index is 12.1. The highest BCUT2D eigenvalue weighted by Crippen LogP contribution is 2.14. The fourth-order valence-corrected chi connectivity index (χ4v) is 2.10. The van der Waals surface area contributed by atoms with Crippen molar-refractivity contribution in [3.63, 3.8) is 0 Å². The van der Waals surface area contributed by atoms with Crippen LogP contribution in [0.5, 0.6) is 5.75 Å². The maximum absolute atomic E-state index is 12.1. The summed E-state index contributed by atoms with van der Waals surface area (Å²) in [5, 5.41) is 2.90. The van der Waals surface area contributed by atoms with Gasteiger partial charge in [0.15, 0.2) is 6.10 Å². The van der Waals surface area contributed by atoms with E-state index in [-0.39, 0.29) is 5.91 Å². The highest BCUT2D eigenvalue weighted by atomic mass is 16.5. The van der Waals surface area contributed by atoms with Crippen LogP contribution in [0.15, 0.2) is 48.5 Å². The van der Waals surface area contributed by atoms with Crippen molar-refractivity contribution < 1.29 is 9.53 Å². The summed E-state index contributed by atoms with van der Waals surface area (Å²) in [5.74, 6) is 0.603. The smallest absolute Gasteiger partial charge is 0.261 e. The minimum atomic E-state index is -0.517. The second kappa shape index (κ2) is 6.93. The molecule has 3 nitrogen and oxygen atoms in total. The van der Waals surface area contributed by atoms with E-state index in [0.29, 0.717) is 12.3 Å². The van der Waals surface area contributed by atoms with Crippen molar-refractivity contribution in [3.8, 4) is 5.75 Å². The molecule has 1 N–H and O–H groups in total. The molecule has 21 heavy (non-hydrogen) atoms. The number of carbonyl (C=O) groups excluding carboxylic acids is 1. The van der Waals surface area contributed by atoms with Crippen LogP contribution in [0.3, 0.4) is 0 Å². The molecule has 0 heterocycles. The van der Waals surface area contributed by atoms with Crippen LogP contribution in [0.4, 0.5) is 0 Å². The highest BCUT2D eigenvalue weighted by Gasteiger charge is 2.14. The van der Waals surface area contributed by atoms with E-state index in [1.807, 2.05) is 56.3 Å². The van der Waals surface area contributed by atoms with Gasteiger partial charge in [0.2, 0.25) is 0 Å². The van der Waals surface area contributed by atoms with Crippen LogP contribution in [0.1, 0.15) is 23.6 Å². The average molecular weight is 283 g/mol. The van der Waals surface area contributed by atoms with Gasteiger partial charge < -0.3 is 10.1 Å². The Morgan fingerprint density at radius 2 is 1.76 bits per heavy atom. The molecular weight excluding hydrogens is 262 g/mol. The van der Waals surface area contributed by atoms with Gasteiger partial charge in [-0.2, -0.15) is 0 Å². The Morgan fingerprint density at radius 1 is 1.10 bits per heavy atom. The third-order valence-electron chi connectivity index (χ3n) is 3.22. The van der Waals surface area contributed by atoms with Crippen LogP contribution < -0.4 is 10.1 Å². The van der Waals surface area contributed by atoms with Gasteiger partial charge in [0.1, 0.15) is 5.75 Å². The highest BCUT2D eigenvalue weighted by molar-refractivity contribution is 5.80. The van der Waals surface area contributed by atoms with Gasteiger partial charge in [-0.05, 0) is 44.0 Å². The largest absolute Gasteiger partial charge is 0.481 e. The summed E-state index contributed by atoms with van der Waals surface area (Å²) >= 11 is 0. The number of benzene rings is 2. The van der Waals surface area contributed by atoms with E-state index >= 15 is 0 Å². The molecule has 0 spiro atoms. The topological polar surface area (TPSA) is 38.3 Å². The van der Waals surface area contributed by atoms with E-state index in [1.165, 1.54) is 5.56 Å². The summed E-state index contributed by atoms with van der Waals surface area (Å²) in [6, 6.07) is 15.8. The molecule has 2 aromatic carbocycles. The molecule has 2 rings (SSSR count). The second-order valence-electron chi connectivity index (χ2n) is 5.28. The first-order valence-corrected chi connectivity index (χ1v) is 7.11. The third kappa shape index (κ3) is 4.63. The number of nitrogens with one attached hydrogen (secondary N) is 1. The van der Waals surface area contributed by atoms with E-state index in [2.05, 4.69) is 11.4 Å². The van der Waals surface area contributed by atoms with Gasteiger partial charge in [0, 0.05) is 6.54 Å². The Hall–Kier alpha value is -2.29. The van der Waals surface area contributed by atoms with Crippen molar-refractivity contribution >= 4 is 5.91 Å². The fraction of sp³-hybridized carbons (Fsp3) is 0.278. The van der Waals surface area contributed by atoms with Crippen molar-refractivity contribution in [1.82, 2.24) is 5.32 Å². The minimum Gasteiger partial charge on any atom is -0.481 e. The molecule has 0 bridgehead atoms.